The summed E-state index contributed by atoms with van der Waals surface area (Å²) in [6, 6.07) is 18.6. The number of fused-ring (bicyclic) bond motifs is 4. The Bertz CT molecular complexity index is 1390. The van der Waals surface area contributed by atoms with Gasteiger partial charge >= 0.3 is 5.97 Å². The van der Waals surface area contributed by atoms with E-state index in [2.05, 4.69) is 41.8 Å². The van der Waals surface area contributed by atoms with E-state index in [0.717, 1.165) is 63.1 Å². The van der Waals surface area contributed by atoms with E-state index >= 15 is 0 Å². The summed E-state index contributed by atoms with van der Waals surface area (Å²) in [5.74, 6) is 1.09. The van der Waals surface area contributed by atoms with Crippen LogP contribution in [0.2, 0.25) is 0 Å². The highest BCUT2D eigenvalue weighted by Gasteiger charge is 2.32. The molecule has 0 spiro atoms. The van der Waals surface area contributed by atoms with Gasteiger partial charge in [-0.2, -0.15) is 0 Å². The maximum Gasteiger partial charge on any atom is 0.340 e. The zero-order chi connectivity index (χ0) is 23.8. The Morgan fingerprint density at radius 2 is 1.76 bits per heavy atom. The Labute approximate surface area is 199 Å². The van der Waals surface area contributed by atoms with Gasteiger partial charge in [0.2, 0.25) is 0 Å². The van der Waals surface area contributed by atoms with Crippen molar-refractivity contribution in [1.29, 1.82) is 0 Å². The summed E-state index contributed by atoms with van der Waals surface area (Å²) < 4.78 is 19.3. The molecule has 0 amide bonds. The van der Waals surface area contributed by atoms with Crippen molar-refractivity contribution in [2.45, 2.75) is 33.7 Å². The number of ether oxygens (including phenoxy) is 3. The number of carbonyl (C=O) groups is 1. The van der Waals surface area contributed by atoms with Crippen molar-refractivity contribution < 1.29 is 19.0 Å². The molecule has 5 rings (SSSR count). The van der Waals surface area contributed by atoms with E-state index in [1.54, 1.807) is 7.11 Å². The third-order valence-corrected chi connectivity index (χ3v) is 6.61. The number of aryl methyl sites for hydroxylation is 1. The SMILES string of the molecule is CCOC(=O)c1c(-c2cccc3ccccc23)c(C)n2c1-c1cc(OC)c(OCC)cc1CC2. The lowest BCUT2D eigenvalue weighted by Gasteiger charge is -2.23. The van der Waals surface area contributed by atoms with Crippen molar-refractivity contribution in [3.8, 4) is 33.9 Å². The quantitative estimate of drug-likeness (QED) is 0.315. The molecule has 34 heavy (non-hydrogen) atoms. The van der Waals surface area contributed by atoms with Crippen molar-refractivity contribution >= 4 is 16.7 Å². The van der Waals surface area contributed by atoms with Crippen LogP contribution >= 0.6 is 0 Å². The molecule has 0 aliphatic carbocycles. The summed E-state index contributed by atoms with van der Waals surface area (Å²) in [4.78, 5) is 13.5. The minimum absolute atomic E-state index is 0.303. The number of nitrogens with zero attached hydrogens (tertiary/aromatic N) is 1. The van der Waals surface area contributed by atoms with E-state index in [4.69, 9.17) is 14.2 Å². The molecule has 4 aromatic rings. The maximum atomic E-state index is 13.5. The van der Waals surface area contributed by atoms with E-state index in [9.17, 15) is 4.79 Å². The number of esters is 1. The molecule has 0 bridgehead atoms. The van der Waals surface area contributed by atoms with Gasteiger partial charge in [0.05, 0.1) is 31.6 Å². The number of carbonyl (C=O) groups excluding carboxylic acids is 1. The van der Waals surface area contributed by atoms with Crippen LogP contribution in [0.15, 0.2) is 54.6 Å². The van der Waals surface area contributed by atoms with Crippen molar-refractivity contribution in [2.75, 3.05) is 20.3 Å². The Morgan fingerprint density at radius 3 is 2.53 bits per heavy atom. The summed E-state index contributed by atoms with van der Waals surface area (Å²) in [5.41, 5.74) is 6.68. The zero-order valence-electron chi connectivity index (χ0n) is 20.1. The summed E-state index contributed by atoms with van der Waals surface area (Å²) in [7, 11) is 1.64. The Hall–Kier alpha value is -3.73. The summed E-state index contributed by atoms with van der Waals surface area (Å²) >= 11 is 0. The number of hydrogen-bond donors (Lipinski definition) is 0. The molecule has 1 aliphatic rings. The fourth-order valence-corrected chi connectivity index (χ4v) is 5.16. The van der Waals surface area contributed by atoms with E-state index in [-0.39, 0.29) is 5.97 Å². The molecule has 3 aromatic carbocycles. The van der Waals surface area contributed by atoms with Crippen LogP contribution in [-0.4, -0.2) is 30.9 Å². The van der Waals surface area contributed by atoms with Crippen LogP contribution in [0.4, 0.5) is 0 Å². The number of hydrogen-bond acceptors (Lipinski definition) is 4. The van der Waals surface area contributed by atoms with Crippen LogP contribution in [0, 0.1) is 6.92 Å². The highest BCUT2D eigenvalue weighted by atomic mass is 16.5. The second-order valence-corrected chi connectivity index (χ2v) is 8.43. The molecule has 0 unspecified atom stereocenters. The summed E-state index contributed by atoms with van der Waals surface area (Å²) in [6.45, 7) is 7.56. The highest BCUT2D eigenvalue weighted by molar-refractivity contribution is 6.09. The van der Waals surface area contributed by atoms with Gasteiger partial charge < -0.3 is 18.8 Å². The lowest BCUT2D eigenvalue weighted by molar-refractivity contribution is 0.0528. The van der Waals surface area contributed by atoms with Gasteiger partial charge in [0, 0.05) is 23.4 Å². The van der Waals surface area contributed by atoms with Crippen LogP contribution in [-0.2, 0) is 17.7 Å². The van der Waals surface area contributed by atoms with Gasteiger partial charge in [0.1, 0.15) is 0 Å². The fraction of sp³-hybridized carbons (Fsp3) is 0.276. The molecule has 5 nitrogen and oxygen atoms in total. The van der Waals surface area contributed by atoms with Crippen LogP contribution in [0.3, 0.4) is 0 Å². The zero-order valence-corrected chi connectivity index (χ0v) is 20.1. The van der Waals surface area contributed by atoms with E-state index < -0.39 is 0 Å². The van der Waals surface area contributed by atoms with Gasteiger partial charge in [0.15, 0.2) is 11.5 Å². The smallest absolute Gasteiger partial charge is 0.340 e. The van der Waals surface area contributed by atoms with E-state index in [0.29, 0.717) is 24.5 Å². The van der Waals surface area contributed by atoms with Gasteiger partial charge in [-0.05, 0) is 61.2 Å². The van der Waals surface area contributed by atoms with Crippen molar-refractivity contribution in [3.63, 3.8) is 0 Å². The fourth-order valence-electron chi connectivity index (χ4n) is 5.16. The molecule has 2 heterocycles. The van der Waals surface area contributed by atoms with Gasteiger partial charge in [0.25, 0.3) is 0 Å². The Balaban J connectivity index is 1.84. The monoisotopic (exact) mass is 455 g/mol. The number of benzene rings is 3. The van der Waals surface area contributed by atoms with Gasteiger partial charge in [-0.1, -0.05) is 42.5 Å². The van der Waals surface area contributed by atoms with Crippen LogP contribution in [0.5, 0.6) is 11.5 Å². The molecular formula is C29H29NO4. The lowest BCUT2D eigenvalue weighted by Crippen LogP contribution is -2.15. The first-order valence-electron chi connectivity index (χ1n) is 11.8. The third-order valence-electron chi connectivity index (χ3n) is 6.61. The van der Waals surface area contributed by atoms with Gasteiger partial charge in [-0.3, -0.25) is 0 Å². The summed E-state index contributed by atoms with van der Waals surface area (Å²) in [6.07, 6.45) is 0.846. The first-order chi connectivity index (χ1) is 16.6. The molecule has 174 valence electrons. The van der Waals surface area contributed by atoms with Gasteiger partial charge in [-0.25, -0.2) is 4.79 Å². The number of rotatable bonds is 6. The average molecular weight is 456 g/mol. The van der Waals surface area contributed by atoms with Crippen molar-refractivity contribution in [3.05, 3.63) is 71.4 Å². The predicted molar refractivity (Wildman–Crippen MR) is 135 cm³/mol. The molecule has 5 heteroatoms. The maximum absolute atomic E-state index is 13.5. The second-order valence-electron chi connectivity index (χ2n) is 8.43. The Kier molecular flexibility index (Phi) is 5.78. The largest absolute Gasteiger partial charge is 0.493 e. The highest BCUT2D eigenvalue weighted by Crippen LogP contribution is 2.46. The molecular weight excluding hydrogens is 426 g/mol. The first kappa shape index (κ1) is 22.1. The predicted octanol–water partition coefficient (Wildman–Crippen LogP) is 6.42. The molecule has 0 radical (unpaired) electrons. The molecule has 0 N–H and O–H groups in total. The third kappa shape index (κ3) is 3.43. The lowest BCUT2D eigenvalue weighted by atomic mass is 9.91. The molecule has 0 saturated heterocycles. The van der Waals surface area contributed by atoms with E-state index in [1.807, 2.05) is 38.1 Å². The molecule has 1 aromatic heterocycles. The number of aromatic nitrogens is 1. The normalized spacial score (nSPS) is 12.2. The standard InChI is InChI=1S/C29H29NO4/c1-5-33-25-16-20-14-15-30-18(3)26(22-13-9-11-19-10-7-8-12-21(19)22)27(29(31)34-6-2)28(30)23(20)17-24(25)32-4/h7-13,16-17H,5-6,14-15H2,1-4H3. The molecule has 0 fully saturated rings. The molecule has 1 aliphatic heterocycles. The first-order valence-corrected chi connectivity index (χ1v) is 11.8. The topological polar surface area (TPSA) is 49.7 Å². The average Bonchev–Trinajstić information content (AvgIpc) is 3.16. The van der Waals surface area contributed by atoms with Gasteiger partial charge in [-0.15, -0.1) is 0 Å². The van der Waals surface area contributed by atoms with Crippen molar-refractivity contribution in [2.24, 2.45) is 0 Å². The van der Waals surface area contributed by atoms with Crippen molar-refractivity contribution in [1.82, 2.24) is 4.57 Å². The molecule has 0 atom stereocenters. The summed E-state index contributed by atoms with van der Waals surface area (Å²) in [5, 5.41) is 2.26. The van der Waals surface area contributed by atoms with Crippen LogP contribution < -0.4 is 9.47 Å². The number of methoxy groups -OCH3 is 1. The minimum Gasteiger partial charge on any atom is -0.493 e. The van der Waals surface area contributed by atoms with Crippen LogP contribution in [0.25, 0.3) is 33.2 Å². The Morgan fingerprint density at radius 1 is 0.971 bits per heavy atom. The van der Waals surface area contributed by atoms with Crippen LogP contribution in [0.1, 0.15) is 35.5 Å². The minimum atomic E-state index is -0.303. The molecule has 0 saturated carbocycles. The van der Waals surface area contributed by atoms with E-state index in [1.165, 1.54) is 0 Å². The second kappa shape index (κ2) is 8.90.